The van der Waals surface area contributed by atoms with Crippen molar-refractivity contribution in [3.8, 4) is 0 Å². The highest BCUT2D eigenvalue weighted by molar-refractivity contribution is 5.73. The fourth-order valence-corrected chi connectivity index (χ4v) is 2.01. The van der Waals surface area contributed by atoms with E-state index in [2.05, 4.69) is 0 Å². The lowest BCUT2D eigenvalue weighted by Gasteiger charge is -2.34. The zero-order valence-electron chi connectivity index (χ0n) is 8.58. The molecule has 1 unspecified atom stereocenters. The van der Waals surface area contributed by atoms with E-state index in [9.17, 15) is 9.18 Å². The highest BCUT2D eigenvalue weighted by Crippen LogP contribution is 2.20. The minimum Gasteiger partial charge on any atom is -0.480 e. The minimum absolute atomic E-state index is 0.151. The number of carbonyl (C=O) groups is 1. The molecule has 1 atom stereocenters. The topological polar surface area (TPSA) is 40.5 Å². The Morgan fingerprint density at radius 2 is 2.14 bits per heavy atom. The number of rotatable bonds is 4. The average Bonchev–Trinajstić information content (AvgIpc) is 2.19. The van der Waals surface area contributed by atoms with E-state index in [4.69, 9.17) is 5.11 Å². The zero-order valence-corrected chi connectivity index (χ0v) is 8.58. The maximum atomic E-state index is 12.3. The fraction of sp³-hybridized carbons (Fsp3) is 0.900. The van der Waals surface area contributed by atoms with E-state index in [0.717, 1.165) is 25.9 Å². The Morgan fingerprint density at radius 1 is 1.57 bits per heavy atom. The van der Waals surface area contributed by atoms with Crippen molar-refractivity contribution < 1.29 is 14.3 Å². The number of halogens is 1. The van der Waals surface area contributed by atoms with Crippen molar-refractivity contribution in [2.24, 2.45) is 5.92 Å². The van der Waals surface area contributed by atoms with Gasteiger partial charge >= 0.3 is 5.97 Å². The zero-order chi connectivity index (χ0) is 10.6. The molecule has 1 rings (SSSR count). The molecule has 1 N–H and O–H groups in total. The summed E-state index contributed by atoms with van der Waals surface area (Å²) < 4.78 is 12.3. The number of aliphatic carboxylic acids is 1. The predicted octanol–water partition coefficient (Wildman–Crippen LogP) is 1.53. The normalized spacial score (nSPS) is 22.1. The van der Waals surface area contributed by atoms with Crippen LogP contribution in [0.5, 0.6) is 0 Å². The quantitative estimate of drug-likeness (QED) is 0.753. The van der Waals surface area contributed by atoms with Crippen LogP contribution in [0.4, 0.5) is 4.39 Å². The first-order chi connectivity index (χ1) is 6.69. The van der Waals surface area contributed by atoms with Crippen molar-refractivity contribution in [2.75, 3.05) is 19.8 Å². The molecule has 1 aliphatic rings. The van der Waals surface area contributed by atoms with Crippen molar-refractivity contribution in [1.29, 1.82) is 0 Å². The van der Waals surface area contributed by atoms with Gasteiger partial charge in [-0.1, -0.05) is 6.92 Å². The molecule has 1 aliphatic heterocycles. The fourth-order valence-electron chi connectivity index (χ4n) is 2.01. The summed E-state index contributed by atoms with van der Waals surface area (Å²) in [6.07, 6.45) is 2.20. The molecule has 0 spiro atoms. The highest BCUT2D eigenvalue weighted by Gasteiger charge is 2.27. The molecule has 1 saturated heterocycles. The van der Waals surface area contributed by atoms with E-state index >= 15 is 0 Å². The third-order valence-electron chi connectivity index (χ3n) is 2.98. The Balaban J connectivity index is 2.43. The van der Waals surface area contributed by atoms with Crippen LogP contribution in [0.2, 0.25) is 0 Å². The molecule has 1 fully saturated rings. The van der Waals surface area contributed by atoms with E-state index in [1.54, 1.807) is 0 Å². The van der Waals surface area contributed by atoms with Crippen LogP contribution in [0.15, 0.2) is 0 Å². The van der Waals surface area contributed by atoms with Crippen molar-refractivity contribution in [2.45, 2.75) is 32.2 Å². The Kier molecular flexibility index (Phi) is 4.32. The van der Waals surface area contributed by atoms with Crippen LogP contribution >= 0.6 is 0 Å². The Bertz CT molecular complexity index is 191. The molecule has 0 aliphatic carbocycles. The van der Waals surface area contributed by atoms with Gasteiger partial charge in [-0.15, -0.1) is 0 Å². The second-order valence-electron chi connectivity index (χ2n) is 3.90. The summed E-state index contributed by atoms with van der Waals surface area (Å²) in [6, 6.07) is -0.379. The molecule has 0 aromatic heterocycles. The van der Waals surface area contributed by atoms with Crippen molar-refractivity contribution >= 4 is 5.97 Å². The maximum Gasteiger partial charge on any atom is 0.320 e. The molecule has 0 aromatic carbocycles. The van der Waals surface area contributed by atoms with E-state index in [1.807, 2.05) is 11.8 Å². The number of nitrogens with zero attached hydrogens (tertiary/aromatic N) is 1. The van der Waals surface area contributed by atoms with Gasteiger partial charge < -0.3 is 5.11 Å². The van der Waals surface area contributed by atoms with Gasteiger partial charge in [0, 0.05) is 0 Å². The number of alkyl halides is 1. The van der Waals surface area contributed by atoms with Crippen LogP contribution in [-0.2, 0) is 4.79 Å². The molecule has 82 valence electrons. The summed E-state index contributed by atoms with van der Waals surface area (Å²) in [7, 11) is 0. The molecule has 0 radical (unpaired) electrons. The first-order valence-electron chi connectivity index (χ1n) is 5.21. The highest BCUT2D eigenvalue weighted by atomic mass is 19.1. The maximum absolute atomic E-state index is 12.3. The van der Waals surface area contributed by atoms with Crippen molar-refractivity contribution in [3.63, 3.8) is 0 Å². The van der Waals surface area contributed by atoms with Crippen molar-refractivity contribution in [3.05, 3.63) is 0 Å². The van der Waals surface area contributed by atoms with Gasteiger partial charge in [0.05, 0.1) is 6.67 Å². The smallest absolute Gasteiger partial charge is 0.320 e. The molecule has 3 nitrogen and oxygen atoms in total. The summed E-state index contributed by atoms with van der Waals surface area (Å²) in [5, 5.41) is 8.93. The second-order valence-corrected chi connectivity index (χ2v) is 3.90. The lowest BCUT2D eigenvalue weighted by Crippen LogP contribution is -2.45. The number of carboxylic acid groups (broad SMARTS) is 1. The van der Waals surface area contributed by atoms with Crippen molar-refractivity contribution in [1.82, 2.24) is 4.90 Å². The van der Waals surface area contributed by atoms with E-state index in [0.29, 0.717) is 6.42 Å². The third kappa shape index (κ3) is 2.67. The molecule has 0 bridgehead atoms. The first-order valence-corrected chi connectivity index (χ1v) is 5.21. The summed E-state index contributed by atoms with van der Waals surface area (Å²) >= 11 is 0. The molecule has 1 heterocycles. The van der Waals surface area contributed by atoms with E-state index in [1.165, 1.54) is 0 Å². The molecular weight excluding hydrogens is 185 g/mol. The number of carboxylic acids is 1. The van der Waals surface area contributed by atoms with Gasteiger partial charge in [-0.25, -0.2) is 0 Å². The predicted molar refractivity (Wildman–Crippen MR) is 52.0 cm³/mol. The molecule has 0 saturated carbocycles. The molecule has 0 amide bonds. The molecule has 0 aromatic rings. The van der Waals surface area contributed by atoms with Crippen LogP contribution in [0.25, 0.3) is 0 Å². The monoisotopic (exact) mass is 203 g/mol. The van der Waals surface area contributed by atoms with Gasteiger partial charge in [-0.2, -0.15) is 0 Å². The average molecular weight is 203 g/mol. The lowest BCUT2D eigenvalue weighted by molar-refractivity contribution is -0.144. The SMILES string of the molecule is CCC(C(=O)O)N1CCC(CF)CC1. The Labute approximate surface area is 83.9 Å². The van der Waals surface area contributed by atoms with Crippen LogP contribution < -0.4 is 0 Å². The van der Waals surface area contributed by atoms with Gasteiger partial charge in [0.15, 0.2) is 0 Å². The third-order valence-corrected chi connectivity index (χ3v) is 2.98. The second kappa shape index (κ2) is 5.29. The van der Waals surface area contributed by atoms with Crippen LogP contribution in [-0.4, -0.2) is 41.8 Å². The van der Waals surface area contributed by atoms with Gasteiger partial charge in [0.25, 0.3) is 0 Å². The van der Waals surface area contributed by atoms with Gasteiger partial charge in [-0.05, 0) is 38.3 Å². The van der Waals surface area contributed by atoms with Crippen LogP contribution in [0.1, 0.15) is 26.2 Å². The van der Waals surface area contributed by atoms with Gasteiger partial charge in [0.2, 0.25) is 0 Å². The van der Waals surface area contributed by atoms with E-state index < -0.39 is 5.97 Å². The lowest BCUT2D eigenvalue weighted by atomic mass is 9.96. The summed E-state index contributed by atoms with van der Waals surface area (Å²) in [5.74, 6) is -0.608. The van der Waals surface area contributed by atoms with Gasteiger partial charge in [-0.3, -0.25) is 14.1 Å². The molecule has 14 heavy (non-hydrogen) atoms. The summed E-state index contributed by atoms with van der Waals surface area (Å²) in [5.41, 5.74) is 0. The van der Waals surface area contributed by atoms with Gasteiger partial charge in [0.1, 0.15) is 6.04 Å². The van der Waals surface area contributed by atoms with Crippen LogP contribution in [0.3, 0.4) is 0 Å². The Hall–Kier alpha value is -0.640. The number of hydrogen-bond donors (Lipinski definition) is 1. The summed E-state index contributed by atoms with van der Waals surface area (Å²) in [6.45, 7) is 3.05. The standard InChI is InChI=1S/C10H18FNO2/c1-2-9(10(13)14)12-5-3-8(7-11)4-6-12/h8-9H,2-7H2,1H3,(H,13,14). The summed E-state index contributed by atoms with van der Waals surface area (Å²) in [4.78, 5) is 12.8. The Morgan fingerprint density at radius 3 is 2.50 bits per heavy atom. The number of likely N-dealkylation sites (tertiary alicyclic amines) is 1. The number of hydrogen-bond acceptors (Lipinski definition) is 2. The largest absolute Gasteiger partial charge is 0.480 e. The first kappa shape index (κ1) is 11.4. The van der Waals surface area contributed by atoms with E-state index in [-0.39, 0.29) is 18.6 Å². The molecule has 4 heteroatoms. The molecular formula is C10H18FNO2. The van der Waals surface area contributed by atoms with Crippen LogP contribution in [0, 0.1) is 5.92 Å². The minimum atomic E-state index is -0.758. The number of piperidine rings is 1.